The molecule has 0 radical (unpaired) electrons. The van der Waals surface area contributed by atoms with Crippen molar-refractivity contribution >= 4 is 29.8 Å². The van der Waals surface area contributed by atoms with Gasteiger partial charge >= 0.3 is 0 Å². The molecule has 0 bridgehead atoms. The summed E-state index contributed by atoms with van der Waals surface area (Å²) in [7, 11) is 0. The van der Waals surface area contributed by atoms with Gasteiger partial charge in [0.05, 0.1) is 26.2 Å². The van der Waals surface area contributed by atoms with Crippen LogP contribution in [0.3, 0.4) is 0 Å². The van der Waals surface area contributed by atoms with Gasteiger partial charge in [0.25, 0.3) is 0 Å². The molecule has 0 atom stereocenters. The van der Waals surface area contributed by atoms with Gasteiger partial charge in [-0.05, 0) is 71.7 Å². The first-order valence-corrected chi connectivity index (χ1v) is 14.4. The summed E-state index contributed by atoms with van der Waals surface area (Å²) in [6.07, 6.45) is 15.5. The highest BCUT2D eigenvalue weighted by Gasteiger charge is 2.19. The van der Waals surface area contributed by atoms with Gasteiger partial charge in [0.15, 0.2) is 12.4 Å². The highest BCUT2D eigenvalue weighted by Crippen LogP contribution is 2.15. The summed E-state index contributed by atoms with van der Waals surface area (Å²) in [6.45, 7) is 21.5. The van der Waals surface area contributed by atoms with Crippen LogP contribution in [-0.4, -0.2) is 55.7 Å². The van der Waals surface area contributed by atoms with Crippen LogP contribution < -0.4 is 19.7 Å². The maximum absolute atomic E-state index is 8.89. The van der Waals surface area contributed by atoms with E-state index in [1.165, 1.54) is 60.3 Å². The summed E-state index contributed by atoms with van der Waals surface area (Å²) in [5.74, 6) is -2.17. The number of hydrogen-bond acceptors (Lipinski definition) is 5. The number of aliphatic carboxylic acids is 2. The first-order chi connectivity index (χ1) is 19.1. The van der Waals surface area contributed by atoms with Crippen molar-refractivity contribution in [1.82, 2.24) is 0 Å². The van der Waals surface area contributed by atoms with E-state index < -0.39 is 11.9 Å². The Bertz CT molecular complexity index is 979. The maximum atomic E-state index is 8.89. The Labute approximate surface area is 242 Å². The Morgan fingerprint density at radius 1 is 0.750 bits per heavy atom. The smallest absolute Gasteiger partial charge is 0.169 e. The molecular weight excluding hydrogens is 502 g/mol. The average Bonchev–Trinajstić information content (AvgIpc) is 2.93. The number of hydrogen-bond donors (Lipinski definition) is 0. The Balaban J connectivity index is 0.00000167. The lowest BCUT2D eigenvalue weighted by atomic mass is 10.1. The van der Waals surface area contributed by atoms with Crippen molar-refractivity contribution in [3.8, 4) is 0 Å². The topological polar surface area (TPSA) is 87.4 Å². The molecule has 2 rings (SSSR count). The van der Waals surface area contributed by atoms with Crippen LogP contribution in [0.1, 0.15) is 72.4 Å². The predicted octanol–water partition coefficient (Wildman–Crippen LogP) is 3.72. The molecule has 40 heavy (non-hydrogen) atoms. The van der Waals surface area contributed by atoms with Crippen LogP contribution in [-0.2, 0) is 16.1 Å². The normalized spacial score (nSPS) is 11.0. The summed E-state index contributed by atoms with van der Waals surface area (Å²) < 4.78 is 3.56. The van der Waals surface area contributed by atoms with Gasteiger partial charge in [-0.2, -0.15) is 0 Å². The highest BCUT2D eigenvalue weighted by molar-refractivity contribution is 5.60. The van der Waals surface area contributed by atoms with Crippen molar-refractivity contribution in [2.75, 3.05) is 44.2 Å². The van der Waals surface area contributed by atoms with E-state index >= 15 is 0 Å². The van der Waals surface area contributed by atoms with Gasteiger partial charge in [-0.25, -0.2) is 4.57 Å². The first kappa shape index (κ1) is 36.6. The third kappa shape index (κ3) is 16.5. The van der Waals surface area contributed by atoms with Crippen LogP contribution in [0.4, 0.5) is 5.69 Å². The fraction of sp³-hybridized carbons (Fsp3) is 0.485. The predicted molar refractivity (Wildman–Crippen MR) is 162 cm³/mol. The van der Waals surface area contributed by atoms with Crippen LogP contribution in [0.15, 0.2) is 60.9 Å². The summed E-state index contributed by atoms with van der Waals surface area (Å²) in [5, 5.41) is 17.8. The molecule has 1 aromatic carbocycles. The van der Waals surface area contributed by atoms with E-state index in [1.54, 1.807) is 0 Å². The molecule has 0 aliphatic carbocycles. The van der Waals surface area contributed by atoms with Crippen molar-refractivity contribution in [3.05, 3.63) is 72.1 Å². The fourth-order valence-electron chi connectivity index (χ4n) is 4.33. The van der Waals surface area contributed by atoms with Gasteiger partial charge in [0.2, 0.25) is 0 Å². The molecule has 0 amide bonds. The third-order valence-electron chi connectivity index (χ3n) is 6.94. The number of carbonyl (C=O) groups excluding carboxylic acids is 2. The molecule has 0 saturated heterocycles. The molecule has 0 spiro atoms. The molecule has 1 heterocycles. The molecule has 0 saturated carbocycles. The number of unbranched alkanes of at least 4 members (excludes halogenated alkanes) is 1. The quantitative estimate of drug-likeness (QED) is 0.154. The molecule has 0 fully saturated rings. The molecule has 0 aliphatic rings. The van der Waals surface area contributed by atoms with E-state index in [0.29, 0.717) is 0 Å². The number of benzene rings is 1. The lowest BCUT2D eigenvalue weighted by Gasteiger charge is -2.35. The summed E-state index contributed by atoms with van der Waals surface area (Å²) in [6, 6.07) is 13.2. The number of quaternary nitrogens is 1. The number of carbonyl (C=O) groups is 2. The van der Waals surface area contributed by atoms with Crippen molar-refractivity contribution in [3.63, 3.8) is 0 Å². The Kier molecular flexibility index (Phi) is 19.5. The van der Waals surface area contributed by atoms with Crippen LogP contribution >= 0.6 is 0 Å². The zero-order valence-electron chi connectivity index (χ0n) is 25.8. The standard InChI is InChI=1S/C29H45N3.2C2H4O2/c1-6-31(7-2)29-19-17-27(18-20-29)15-11-12-16-28-21-24-30(25-22-28)23-13-14-26-32(8-3,9-4)10-5;2*1-2(3)4/h11-12,15-22,24-25H,6-10,13-14,23,26H2,1-5H3;2*1H3,(H,3,4)/q+2;;/p-2. The lowest BCUT2D eigenvalue weighted by Crippen LogP contribution is -2.48. The molecule has 7 nitrogen and oxygen atoms in total. The van der Waals surface area contributed by atoms with Crippen molar-refractivity contribution in [1.29, 1.82) is 0 Å². The van der Waals surface area contributed by atoms with Crippen LogP contribution in [0.25, 0.3) is 12.2 Å². The number of aryl methyl sites for hydroxylation is 1. The van der Waals surface area contributed by atoms with Crippen molar-refractivity contribution < 1.29 is 28.9 Å². The summed E-state index contributed by atoms with van der Waals surface area (Å²) >= 11 is 0. The minimum absolute atomic E-state index is 0.972. The Hall–Kier alpha value is -3.45. The Morgan fingerprint density at radius 2 is 1.18 bits per heavy atom. The van der Waals surface area contributed by atoms with E-state index in [0.717, 1.165) is 33.5 Å². The second-order valence-corrected chi connectivity index (χ2v) is 9.56. The fourth-order valence-corrected chi connectivity index (χ4v) is 4.33. The minimum atomic E-state index is -1.08. The second kappa shape index (κ2) is 21.4. The van der Waals surface area contributed by atoms with E-state index in [1.807, 2.05) is 0 Å². The molecule has 0 unspecified atom stereocenters. The van der Waals surface area contributed by atoms with Gasteiger partial charge in [-0.15, -0.1) is 0 Å². The van der Waals surface area contributed by atoms with E-state index in [-0.39, 0.29) is 0 Å². The number of carboxylic acids is 2. The number of anilines is 1. The lowest BCUT2D eigenvalue weighted by molar-refractivity contribution is -0.923. The molecule has 0 N–H and O–H groups in total. The zero-order valence-corrected chi connectivity index (χ0v) is 25.8. The molecule has 1 aromatic heterocycles. The van der Waals surface area contributed by atoms with Crippen LogP contribution in [0, 0.1) is 0 Å². The van der Waals surface area contributed by atoms with Gasteiger partial charge in [0, 0.05) is 55.7 Å². The van der Waals surface area contributed by atoms with E-state index in [4.69, 9.17) is 19.8 Å². The van der Waals surface area contributed by atoms with Gasteiger partial charge < -0.3 is 29.2 Å². The molecule has 222 valence electrons. The van der Waals surface area contributed by atoms with Crippen LogP contribution in [0.5, 0.6) is 0 Å². The summed E-state index contributed by atoms with van der Waals surface area (Å²) in [5.41, 5.74) is 3.76. The van der Waals surface area contributed by atoms with E-state index in [2.05, 4.69) is 117 Å². The SMILES string of the molecule is CC(=O)[O-].CC(=O)[O-].CCN(CC)c1ccc(C=CC=Cc2cc[n+](CCCC[N+](CC)(CC)CC)cc2)cc1. The van der Waals surface area contributed by atoms with Crippen LogP contribution in [0.2, 0.25) is 0 Å². The number of carboxylic acid groups (broad SMARTS) is 2. The number of nitrogens with zero attached hydrogens (tertiary/aromatic N) is 3. The van der Waals surface area contributed by atoms with Gasteiger partial charge in [-0.1, -0.05) is 36.4 Å². The van der Waals surface area contributed by atoms with Gasteiger partial charge in [-0.3, -0.25) is 0 Å². The largest absolute Gasteiger partial charge is 0.550 e. The minimum Gasteiger partial charge on any atom is -0.550 e. The van der Waals surface area contributed by atoms with Gasteiger partial charge in [0.1, 0.15) is 6.54 Å². The molecular formula is C33H51N3O4. The monoisotopic (exact) mass is 553 g/mol. The van der Waals surface area contributed by atoms with Crippen molar-refractivity contribution in [2.45, 2.75) is 67.9 Å². The van der Waals surface area contributed by atoms with E-state index in [9.17, 15) is 0 Å². The number of aromatic nitrogens is 1. The second-order valence-electron chi connectivity index (χ2n) is 9.56. The zero-order chi connectivity index (χ0) is 30.4. The number of pyridine rings is 1. The summed E-state index contributed by atoms with van der Waals surface area (Å²) in [4.78, 5) is 20.1. The molecule has 0 aliphatic heterocycles. The highest BCUT2D eigenvalue weighted by atomic mass is 16.4. The Morgan fingerprint density at radius 3 is 1.57 bits per heavy atom. The molecule has 7 heteroatoms. The third-order valence-corrected chi connectivity index (χ3v) is 6.94. The van der Waals surface area contributed by atoms with Crippen molar-refractivity contribution in [2.24, 2.45) is 0 Å². The first-order valence-electron chi connectivity index (χ1n) is 14.4. The molecule has 2 aromatic rings. The number of rotatable bonds is 14. The average molecular weight is 554 g/mol. The maximum Gasteiger partial charge on any atom is 0.169 e. The number of allylic oxidation sites excluding steroid dienone is 2.